The van der Waals surface area contributed by atoms with Crippen molar-refractivity contribution in [2.75, 3.05) is 36.5 Å². The van der Waals surface area contributed by atoms with Gasteiger partial charge in [0.25, 0.3) is 0 Å². The van der Waals surface area contributed by atoms with Crippen LogP contribution < -0.4 is 10.2 Å². The fourth-order valence-corrected chi connectivity index (χ4v) is 2.41. The molecule has 0 amide bonds. The summed E-state index contributed by atoms with van der Waals surface area (Å²) in [4.78, 5) is 6.87. The lowest BCUT2D eigenvalue weighted by Gasteiger charge is -2.28. The summed E-state index contributed by atoms with van der Waals surface area (Å²) in [5.41, 5.74) is 0.806. The number of nitrogens with one attached hydrogen (secondary N) is 2. The molecule has 21 heavy (non-hydrogen) atoms. The van der Waals surface area contributed by atoms with Crippen LogP contribution in [-0.4, -0.2) is 51.1 Å². The maximum Gasteiger partial charge on any atom is 0.159 e. The van der Waals surface area contributed by atoms with Gasteiger partial charge in [0.05, 0.1) is 25.6 Å². The molecule has 0 atom stereocenters. The zero-order valence-electron chi connectivity index (χ0n) is 11.4. The third-order valence-electron chi connectivity index (χ3n) is 3.44. The number of anilines is 3. The van der Waals surface area contributed by atoms with E-state index in [1.807, 2.05) is 18.2 Å². The van der Waals surface area contributed by atoms with Crippen LogP contribution in [0.15, 0.2) is 30.6 Å². The largest absolute Gasteiger partial charge is 0.378 e. The van der Waals surface area contributed by atoms with Gasteiger partial charge < -0.3 is 15.0 Å². The summed E-state index contributed by atoms with van der Waals surface area (Å²) in [6, 6.07) is 5.75. The highest BCUT2D eigenvalue weighted by molar-refractivity contribution is 5.62. The van der Waals surface area contributed by atoms with Crippen LogP contribution in [0.2, 0.25) is 0 Å². The van der Waals surface area contributed by atoms with Crippen molar-refractivity contribution in [3.05, 3.63) is 30.6 Å². The van der Waals surface area contributed by atoms with Crippen LogP contribution in [0.5, 0.6) is 0 Å². The topological polar surface area (TPSA) is 83.4 Å². The predicted molar refractivity (Wildman–Crippen MR) is 77.9 cm³/mol. The summed E-state index contributed by atoms with van der Waals surface area (Å²) < 4.78 is 7.16. The van der Waals surface area contributed by atoms with E-state index in [1.165, 1.54) is 0 Å². The molecule has 1 aliphatic heterocycles. The van der Waals surface area contributed by atoms with E-state index in [2.05, 4.69) is 30.5 Å². The van der Waals surface area contributed by atoms with E-state index in [1.54, 1.807) is 16.9 Å². The van der Waals surface area contributed by atoms with Gasteiger partial charge in [0.15, 0.2) is 5.65 Å². The van der Waals surface area contributed by atoms with Crippen molar-refractivity contribution in [3.8, 4) is 0 Å². The van der Waals surface area contributed by atoms with E-state index in [0.29, 0.717) is 0 Å². The van der Waals surface area contributed by atoms with Crippen LogP contribution in [0.25, 0.3) is 5.65 Å². The summed E-state index contributed by atoms with van der Waals surface area (Å²) in [6.45, 7) is 3.16. The van der Waals surface area contributed by atoms with Crippen LogP contribution in [0.4, 0.5) is 17.5 Å². The zero-order valence-corrected chi connectivity index (χ0v) is 11.4. The predicted octanol–water partition coefficient (Wildman–Crippen LogP) is 1.03. The van der Waals surface area contributed by atoms with Gasteiger partial charge in [-0.2, -0.15) is 14.7 Å². The lowest BCUT2D eigenvalue weighted by Crippen LogP contribution is -2.36. The molecule has 8 heteroatoms. The van der Waals surface area contributed by atoms with Crippen LogP contribution in [0, 0.1) is 0 Å². The third kappa shape index (κ3) is 2.29. The van der Waals surface area contributed by atoms with E-state index >= 15 is 0 Å². The SMILES string of the molecule is c1cc(Nc2cc(N3CCOCC3)nc3ccnn23)[nH]n1. The first kappa shape index (κ1) is 12.2. The highest BCUT2D eigenvalue weighted by Crippen LogP contribution is 2.22. The maximum absolute atomic E-state index is 5.39. The standard InChI is InChI=1S/C13H15N7O/c1-3-14-18-10(1)16-13-9-12(19-5-7-21-8-6-19)17-11-2-4-15-20(11)13/h1-4,9H,5-8H2,(H2,14,16,18). The molecule has 0 spiro atoms. The Labute approximate surface area is 120 Å². The molecule has 0 radical (unpaired) electrons. The quantitative estimate of drug-likeness (QED) is 0.748. The minimum absolute atomic E-state index is 0.732. The fraction of sp³-hybridized carbons (Fsp3) is 0.308. The first-order valence-electron chi connectivity index (χ1n) is 6.84. The molecule has 0 aromatic carbocycles. The van der Waals surface area contributed by atoms with Gasteiger partial charge in [-0.05, 0) is 0 Å². The monoisotopic (exact) mass is 285 g/mol. The van der Waals surface area contributed by atoms with Gasteiger partial charge in [0.2, 0.25) is 0 Å². The number of fused-ring (bicyclic) bond motifs is 1. The molecule has 0 aliphatic carbocycles. The second kappa shape index (κ2) is 5.06. The molecule has 0 bridgehead atoms. The van der Waals surface area contributed by atoms with Crippen LogP contribution in [0.3, 0.4) is 0 Å². The second-order valence-corrected chi connectivity index (χ2v) is 4.80. The fourth-order valence-electron chi connectivity index (χ4n) is 2.41. The van der Waals surface area contributed by atoms with Gasteiger partial charge in [0.1, 0.15) is 17.5 Å². The lowest BCUT2D eigenvalue weighted by molar-refractivity contribution is 0.122. The highest BCUT2D eigenvalue weighted by Gasteiger charge is 2.15. The number of hydrogen-bond donors (Lipinski definition) is 2. The van der Waals surface area contributed by atoms with E-state index in [4.69, 9.17) is 4.74 Å². The average Bonchev–Trinajstić information content (AvgIpc) is 3.19. The maximum atomic E-state index is 5.39. The molecule has 0 unspecified atom stereocenters. The number of aromatic nitrogens is 5. The van der Waals surface area contributed by atoms with Gasteiger partial charge in [-0.25, -0.2) is 4.98 Å². The molecule has 1 fully saturated rings. The van der Waals surface area contributed by atoms with Crippen molar-refractivity contribution in [3.63, 3.8) is 0 Å². The Morgan fingerprint density at radius 2 is 2.10 bits per heavy atom. The first-order valence-corrected chi connectivity index (χ1v) is 6.84. The number of morpholine rings is 1. The van der Waals surface area contributed by atoms with Crippen LogP contribution in [0.1, 0.15) is 0 Å². The molecule has 108 valence electrons. The molecular formula is C13H15N7O. The van der Waals surface area contributed by atoms with Crippen LogP contribution in [-0.2, 0) is 4.74 Å². The molecular weight excluding hydrogens is 270 g/mol. The van der Waals surface area contributed by atoms with Gasteiger partial charge in [0, 0.05) is 31.3 Å². The van der Waals surface area contributed by atoms with Gasteiger partial charge in [-0.3, -0.25) is 5.10 Å². The summed E-state index contributed by atoms with van der Waals surface area (Å²) in [5.74, 6) is 2.58. The first-order chi connectivity index (χ1) is 10.4. The minimum atomic E-state index is 0.732. The normalized spacial score (nSPS) is 15.5. The Balaban J connectivity index is 1.74. The number of hydrogen-bond acceptors (Lipinski definition) is 6. The summed E-state index contributed by atoms with van der Waals surface area (Å²) in [7, 11) is 0. The number of rotatable bonds is 3. The lowest BCUT2D eigenvalue weighted by atomic mass is 10.4. The van der Waals surface area contributed by atoms with Crippen molar-refractivity contribution in [1.29, 1.82) is 0 Å². The molecule has 3 aromatic heterocycles. The van der Waals surface area contributed by atoms with Gasteiger partial charge in [-0.1, -0.05) is 0 Å². The van der Waals surface area contributed by atoms with E-state index in [-0.39, 0.29) is 0 Å². The van der Waals surface area contributed by atoms with Crippen molar-refractivity contribution >= 4 is 23.1 Å². The molecule has 1 aliphatic rings. The molecule has 0 saturated carbocycles. The third-order valence-corrected chi connectivity index (χ3v) is 3.44. The number of nitrogens with zero attached hydrogens (tertiary/aromatic N) is 5. The van der Waals surface area contributed by atoms with Gasteiger partial charge in [-0.15, -0.1) is 0 Å². The summed E-state index contributed by atoms with van der Waals surface area (Å²) in [5, 5.41) is 14.4. The summed E-state index contributed by atoms with van der Waals surface area (Å²) >= 11 is 0. The molecule has 3 aromatic rings. The highest BCUT2D eigenvalue weighted by atomic mass is 16.5. The Bertz CT molecular complexity index is 730. The number of H-pyrrole nitrogens is 1. The molecule has 4 heterocycles. The van der Waals surface area contributed by atoms with Gasteiger partial charge >= 0.3 is 0 Å². The Morgan fingerprint density at radius 3 is 2.90 bits per heavy atom. The van der Waals surface area contributed by atoms with E-state index < -0.39 is 0 Å². The average molecular weight is 285 g/mol. The molecule has 8 nitrogen and oxygen atoms in total. The smallest absolute Gasteiger partial charge is 0.159 e. The van der Waals surface area contributed by atoms with Crippen molar-refractivity contribution in [1.82, 2.24) is 24.8 Å². The minimum Gasteiger partial charge on any atom is -0.378 e. The molecule has 4 rings (SSSR count). The number of ether oxygens (including phenoxy) is 1. The Kier molecular flexibility index (Phi) is 2.93. The van der Waals surface area contributed by atoms with E-state index in [0.717, 1.165) is 49.4 Å². The van der Waals surface area contributed by atoms with Crippen molar-refractivity contribution in [2.45, 2.75) is 0 Å². The molecule has 2 N–H and O–H groups in total. The number of aromatic amines is 1. The summed E-state index contributed by atoms with van der Waals surface area (Å²) in [6.07, 6.45) is 3.44. The molecule has 1 saturated heterocycles. The van der Waals surface area contributed by atoms with Crippen molar-refractivity contribution in [2.24, 2.45) is 0 Å². The van der Waals surface area contributed by atoms with Crippen LogP contribution >= 0.6 is 0 Å². The Morgan fingerprint density at radius 1 is 1.19 bits per heavy atom. The second-order valence-electron chi connectivity index (χ2n) is 4.80. The Hall–Kier alpha value is -2.61. The zero-order chi connectivity index (χ0) is 14.1. The van der Waals surface area contributed by atoms with E-state index in [9.17, 15) is 0 Å². The van der Waals surface area contributed by atoms with Crippen molar-refractivity contribution < 1.29 is 4.74 Å².